The van der Waals surface area contributed by atoms with Crippen molar-refractivity contribution in [1.29, 1.82) is 0 Å². The second-order valence-electron chi connectivity index (χ2n) is 7.97. The van der Waals surface area contributed by atoms with Crippen LogP contribution in [0.15, 0.2) is 72.8 Å². The SMILES string of the molecule is CC[C@H](Oc1cccc2ccccc12)C(=O)NCC1(c2ccccc2)CCOCC1. The molecule has 0 unspecified atom stereocenters. The van der Waals surface area contributed by atoms with Gasteiger partial charge in [-0.05, 0) is 36.3 Å². The van der Waals surface area contributed by atoms with Crippen molar-refractivity contribution in [2.75, 3.05) is 19.8 Å². The van der Waals surface area contributed by atoms with E-state index in [2.05, 4.69) is 41.7 Å². The molecule has 30 heavy (non-hydrogen) atoms. The average Bonchev–Trinajstić information content (AvgIpc) is 2.82. The normalized spacial score (nSPS) is 16.7. The van der Waals surface area contributed by atoms with Gasteiger partial charge >= 0.3 is 0 Å². The Labute approximate surface area is 178 Å². The lowest BCUT2D eigenvalue weighted by Crippen LogP contribution is -2.48. The molecule has 3 aromatic carbocycles. The number of fused-ring (bicyclic) bond motifs is 1. The van der Waals surface area contributed by atoms with Gasteiger partial charge in [-0.3, -0.25) is 4.79 Å². The molecular weight excluding hydrogens is 374 g/mol. The predicted octanol–water partition coefficient (Wildman–Crippen LogP) is 4.86. The molecule has 156 valence electrons. The largest absolute Gasteiger partial charge is 0.480 e. The molecule has 4 rings (SSSR count). The molecule has 1 saturated heterocycles. The Morgan fingerprint density at radius 1 is 1.00 bits per heavy atom. The van der Waals surface area contributed by atoms with Crippen LogP contribution in [0.25, 0.3) is 10.8 Å². The van der Waals surface area contributed by atoms with E-state index in [1.54, 1.807) is 0 Å². The molecule has 1 N–H and O–H groups in total. The Morgan fingerprint density at radius 2 is 1.70 bits per heavy atom. The highest BCUT2D eigenvalue weighted by atomic mass is 16.5. The van der Waals surface area contributed by atoms with Crippen molar-refractivity contribution < 1.29 is 14.3 Å². The third-order valence-electron chi connectivity index (χ3n) is 6.12. The highest BCUT2D eigenvalue weighted by molar-refractivity contribution is 5.89. The van der Waals surface area contributed by atoms with Gasteiger partial charge in [-0.15, -0.1) is 0 Å². The maximum atomic E-state index is 13.1. The molecule has 0 spiro atoms. The summed E-state index contributed by atoms with van der Waals surface area (Å²) in [6.45, 7) is 4.01. The van der Waals surface area contributed by atoms with Crippen molar-refractivity contribution in [2.24, 2.45) is 0 Å². The first-order valence-corrected chi connectivity index (χ1v) is 10.8. The van der Waals surface area contributed by atoms with E-state index in [9.17, 15) is 4.79 Å². The van der Waals surface area contributed by atoms with Crippen LogP contribution >= 0.6 is 0 Å². The number of nitrogens with one attached hydrogen (secondary N) is 1. The fourth-order valence-corrected chi connectivity index (χ4v) is 4.27. The summed E-state index contributed by atoms with van der Waals surface area (Å²) in [5, 5.41) is 5.32. The first-order valence-electron chi connectivity index (χ1n) is 10.8. The average molecular weight is 404 g/mol. The van der Waals surface area contributed by atoms with Crippen LogP contribution < -0.4 is 10.1 Å². The third-order valence-corrected chi connectivity index (χ3v) is 6.12. The van der Waals surface area contributed by atoms with Crippen molar-refractivity contribution in [3.8, 4) is 5.75 Å². The second-order valence-corrected chi connectivity index (χ2v) is 7.97. The predicted molar refractivity (Wildman–Crippen MR) is 120 cm³/mol. The second kappa shape index (κ2) is 9.31. The van der Waals surface area contributed by atoms with Gasteiger partial charge in [0.15, 0.2) is 6.10 Å². The molecule has 1 aliphatic heterocycles. The van der Waals surface area contributed by atoms with E-state index < -0.39 is 6.10 Å². The molecule has 4 nitrogen and oxygen atoms in total. The zero-order chi connectivity index (χ0) is 20.8. The van der Waals surface area contributed by atoms with E-state index in [0.29, 0.717) is 26.2 Å². The van der Waals surface area contributed by atoms with E-state index in [4.69, 9.17) is 9.47 Å². The molecule has 0 aromatic heterocycles. The summed E-state index contributed by atoms with van der Waals surface area (Å²) in [5.41, 5.74) is 1.17. The molecule has 1 fully saturated rings. The number of carbonyl (C=O) groups is 1. The highest BCUT2D eigenvalue weighted by Crippen LogP contribution is 2.34. The van der Waals surface area contributed by atoms with Crippen molar-refractivity contribution in [3.05, 3.63) is 78.4 Å². The van der Waals surface area contributed by atoms with E-state index in [0.717, 1.165) is 29.4 Å². The number of amides is 1. The molecule has 0 saturated carbocycles. The van der Waals surface area contributed by atoms with Gasteiger partial charge in [-0.2, -0.15) is 0 Å². The zero-order valence-electron chi connectivity index (χ0n) is 17.5. The van der Waals surface area contributed by atoms with Crippen LogP contribution in [-0.4, -0.2) is 31.8 Å². The number of rotatable bonds is 7. The van der Waals surface area contributed by atoms with E-state index in [1.807, 2.05) is 43.3 Å². The minimum Gasteiger partial charge on any atom is -0.480 e. The quantitative estimate of drug-likeness (QED) is 0.613. The molecule has 1 heterocycles. The van der Waals surface area contributed by atoms with Gasteiger partial charge in [0.05, 0.1) is 0 Å². The van der Waals surface area contributed by atoms with Gasteiger partial charge < -0.3 is 14.8 Å². The van der Waals surface area contributed by atoms with E-state index in [-0.39, 0.29) is 11.3 Å². The molecule has 0 bridgehead atoms. The summed E-state index contributed by atoms with van der Waals surface area (Å²) < 4.78 is 11.8. The Morgan fingerprint density at radius 3 is 2.47 bits per heavy atom. The van der Waals surface area contributed by atoms with Crippen molar-refractivity contribution in [2.45, 2.75) is 37.7 Å². The van der Waals surface area contributed by atoms with Crippen LogP contribution in [0, 0.1) is 0 Å². The summed E-state index contributed by atoms with van der Waals surface area (Å²) >= 11 is 0. The molecule has 1 aliphatic rings. The lowest BCUT2D eigenvalue weighted by molar-refractivity contribution is -0.128. The van der Waals surface area contributed by atoms with Crippen molar-refractivity contribution in [1.82, 2.24) is 5.32 Å². The number of carbonyl (C=O) groups excluding carboxylic acids is 1. The molecule has 0 radical (unpaired) electrons. The lowest BCUT2D eigenvalue weighted by atomic mass is 9.74. The first kappa shape index (κ1) is 20.4. The maximum Gasteiger partial charge on any atom is 0.261 e. The van der Waals surface area contributed by atoms with Crippen LogP contribution in [0.1, 0.15) is 31.7 Å². The Kier molecular flexibility index (Phi) is 6.34. The van der Waals surface area contributed by atoms with Crippen LogP contribution in [0.2, 0.25) is 0 Å². The van der Waals surface area contributed by atoms with Gasteiger partial charge in [0.1, 0.15) is 5.75 Å². The summed E-state index contributed by atoms with van der Waals surface area (Å²) in [5.74, 6) is 0.686. The molecule has 1 amide bonds. The van der Waals surface area contributed by atoms with Crippen LogP contribution in [0.3, 0.4) is 0 Å². The Hall–Kier alpha value is -2.85. The fourth-order valence-electron chi connectivity index (χ4n) is 4.27. The molecule has 4 heteroatoms. The number of hydrogen-bond acceptors (Lipinski definition) is 3. The highest BCUT2D eigenvalue weighted by Gasteiger charge is 2.35. The van der Waals surface area contributed by atoms with E-state index >= 15 is 0 Å². The van der Waals surface area contributed by atoms with Gasteiger partial charge in [-0.1, -0.05) is 73.7 Å². The topological polar surface area (TPSA) is 47.6 Å². The monoisotopic (exact) mass is 403 g/mol. The molecule has 0 aliphatic carbocycles. The minimum atomic E-state index is -0.525. The minimum absolute atomic E-state index is 0.0627. The number of hydrogen-bond donors (Lipinski definition) is 1. The molecular formula is C26H29NO3. The summed E-state index contributed by atoms with van der Waals surface area (Å²) in [6, 6.07) is 24.5. The first-order chi connectivity index (χ1) is 14.7. The van der Waals surface area contributed by atoms with Crippen LogP contribution in [0.5, 0.6) is 5.75 Å². The molecule has 3 aromatic rings. The number of ether oxygens (including phenoxy) is 2. The van der Waals surface area contributed by atoms with Gasteiger partial charge in [0.2, 0.25) is 0 Å². The summed E-state index contributed by atoms with van der Waals surface area (Å²) in [4.78, 5) is 13.1. The van der Waals surface area contributed by atoms with Crippen molar-refractivity contribution in [3.63, 3.8) is 0 Å². The zero-order valence-corrected chi connectivity index (χ0v) is 17.5. The Bertz CT molecular complexity index is 974. The van der Waals surface area contributed by atoms with Crippen LogP contribution in [0.4, 0.5) is 0 Å². The lowest BCUT2D eigenvalue weighted by Gasteiger charge is -2.38. The summed E-state index contributed by atoms with van der Waals surface area (Å²) in [7, 11) is 0. The van der Waals surface area contributed by atoms with Crippen molar-refractivity contribution >= 4 is 16.7 Å². The van der Waals surface area contributed by atoms with E-state index in [1.165, 1.54) is 5.56 Å². The smallest absolute Gasteiger partial charge is 0.261 e. The van der Waals surface area contributed by atoms with Gasteiger partial charge in [0, 0.05) is 30.6 Å². The Balaban J connectivity index is 1.48. The standard InChI is InChI=1S/C26H29NO3/c1-2-23(30-24-14-8-10-20-9-6-7-13-22(20)24)25(28)27-19-26(15-17-29-18-16-26)21-11-4-3-5-12-21/h3-14,23H,2,15-19H2,1H3,(H,27,28)/t23-/m0/s1. The fraction of sp³-hybridized carbons (Fsp3) is 0.346. The molecule has 1 atom stereocenters. The van der Waals surface area contributed by atoms with Gasteiger partial charge in [-0.25, -0.2) is 0 Å². The van der Waals surface area contributed by atoms with Gasteiger partial charge in [0.25, 0.3) is 5.91 Å². The summed E-state index contributed by atoms with van der Waals surface area (Å²) in [6.07, 6.45) is 1.89. The third kappa shape index (κ3) is 4.34. The number of benzene rings is 3. The maximum absolute atomic E-state index is 13.1. The van der Waals surface area contributed by atoms with Crippen LogP contribution in [-0.2, 0) is 14.9 Å².